The zero-order valence-corrected chi connectivity index (χ0v) is 9.72. The first-order chi connectivity index (χ1) is 8.77. The number of carbonyl (C=O) groups is 1. The molecule has 18 heavy (non-hydrogen) atoms. The highest BCUT2D eigenvalue weighted by Crippen LogP contribution is 1.98. The predicted molar refractivity (Wildman–Crippen MR) is 67.3 cm³/mol. The molecule has 1 amide bonds. The van der Waals surface area contributed by atoms with E-state index in [9.17, 15) is 9.59 Å². The summed E-state index contributed by atoms with van der Waals surface area (Å²) >= 11 is 0. The fourth-order valence-electron chi connectivity index (χ4n) is 1.57. The summed E-state index contributed by atoms with van der Waals surface area (Å²) in [4.78, 5) is 29.1. The van der Waals surface area contributed by atoms with Crippen molar-refractivity contribution in [2.75, 3.05) is 6.54 Å². The van der Waals surface area contributed by atoms with Crippen molar-refractivity contribution in [3.05, 3.63) is 64.3 Å². The zero-order valence-electron chi connectivity index (χ0n) is 9.72. The van der Waals surface area contributed by atoms with Gasteiger partial charge in [0.15, 0.2) is 0 Å². The van der Waals surface area contributed by atoms with Crippen molar-refractivity contribution in [2.24, 2.45) is 0 Å². The van der Waals surface area contributed by atoms with E-state index in [0.717, 1.165) is 12.0 Å². The van der Waals surface area contributed by atoms with E-state index in [1.54, 1.807) is 0 Å². The van der Waals surface area contributed by atoms with Gasteiger partial charge in [0.2, 0.25) is 0 Å². The van der Waals surface area contributed by atoms with Crippen LogP contribution in [0.5, 0.6) is 0 Å². The van der Waals surface area contributed by atoms with E-state index in [2.05, 4.69) is 15.3 Å². The van der Waals surface area contributed by atoms with Crippen LogP contribution in [0.1, 0.15) is 15.9 Å². The van der Waals surface area contributed by atoms with Gasteiger partial charge in [-0.2, -0.15) is 0 Å². The summed E-state index contributed by atoms with van der Waals surface area (Å²) in [5, 5.41) is 2.69. The topological polar surface area (TPSA) is 74.8 Å². The number of hydrogen-bond donors (Lipinski definition) is 2. The average molecular weight is 243 g/mol. The third kappa shape index (κ3) is 3.04. The molecule has 0 unspecified atom stereocenters. The smallest absolute Gasteiger partial charge is 0.263 e. The van der Waals surface area contributed by atoms with Gasteiger partial charge in [0.25, 0.3) is 11.5 Å². The van der Waals surface area contributed by atoms with Crippen LogP contribution in [0.15, 0.2) is 47.7 Å². The van der Waals surface area contributed by atoms with Crippen LogP contribution >= 0.6 is 0 Å². The molecule has 92 valence electrons. The lowest BCUT2D eigenvalue weighted by molar-refractivity contribution is 0.0952. The van der Waals surface area contributed by atoms with Crippen LogP contribution in [0.25, 0.3) is 0 Å². The molecular formula is C13H13N3O2. The Balaban J connectivity index is 1.90. The monoisotopic (exact) mass is 243 g/mol. The van der Waals surface area contributed by atoms with Crippen LogP contribution < -0.4 is 10.9 Å². The number of aromatic nitrogens is 2. The molecular weight excluding hydrogens is 230 g/mol. The number of amides is 1. The summed E-state index contributed by atoms with van der Waals surface area (Å²) in [7, 11) is 0. The SMILES string of the molecule is O=C(NCCc1ccccc1)c1cnc[nH]c1=O. The Labute approximate surface area is 104 Å². The molecule has 0 saturated heterocycles. The van der Waals surface area contributed by atoms with E-state index < -0.39 is 11.5 Å². The maximum atomic E-state index is 11.7. The molecule has 2 N–H and O–H groups in total. The highest BCUT2D eigenvalue weighted by Gasteiger charge is 2.08. The number of aromatic amines is 1. The summed E-state index contributed by atoms with van der Waals surface area (Å²) in [5.74, 6) is -0.403. The molecule has 0 fully saturated rings. The van der Waals surface area contributed by atoms with E-state index in [4.69, 9.17) is 0 Å². The molecule has 0 aliphatic carbocycles. The lowest BCUT2D eigenvalue weighted by Gasteiger charge is -2.04. The first kappa shape index (κ1) is 12.0. The van der Waals surface area contributed by atoms with Gasteiger partial charge in [-0.05, 0) is 12.0 Å². The minimum Gasteiger partial charge on any atom is -0.351 e. The summed E-state index contributed by atoms with van der Waals surface area (Å²) in [6.45, 7) is 0.483. The molecule has 0 radical (unpaired) electrons. The number of H-pyrrole nitrogens is 1. The Hall–Kier alpha value is -2.43. The maximum absolute atomic E-state index is 11.7. The van der Waals surface area contributed by atoms with Gasteiger partial charge in [0.1, 0.15) is 5.56 Å². The minimum atomic E-state index is -0.429. The second-order valence-corrected chi connectivity index (χ2v) is 3.79. The second kappa shape index (κ2) is 5.77. The van der Waals surface area contributed by atoms with Crippen molar-refractivity contribution in [3.63, 3.8) is 0 Å². The molecule has 5 nitrogen and oxygen atoms in total. The van der Waals surface area contributed by atoms with E-state index in [1.807, 2.05) is 30.3 Å². The first-order valence-electron chi connectivity index (χ1n) is 5.62. The van der Waals surface area contributed by atoms with Crippen LogP contribution in [0.3, 0.4) is 0 Å². The molecule has 0 spiro atoms. The van der Waals surface area contributed by atoms with Crippen molar-refractivity contribution >= 4 is 5.91 Å². The number of hydrogen-bond acceptors (Lipinski definition) is 3. The fourth-order valence-corrected chi connectivity index (χ4v) is 1.57. The molecule has 0 bridgehead atoms. The van der Waals surface area contributed by atoms with Crippen molar-refractivity contribution in [1.82, 2.24) is 15.3 Å². The van der Waals surface area contributed by atoms with Crippen LogP contribution in [0.2, 0.25) is 0 Å². The van der Waals surface area contributed by atoms with Gasteiger partial charge in [-0.25, -0.2) is 4.98 Å². The van der Waals surface area contributed by atoms with Gasteiger partial charge in [-0.1, -0.05) is 30.3 Å². The van der Waals surface area contributed by atoms with Crippen LogP contribution in [-0.4, -0.2) is 22.4 Å². The quantitative estimate of drug-likeness (QED) is 0.831. The second-order valence-electron chi connectivity index (χ2n) is 3.79. The van der Waals surface area contributed by atoms with Crippen LogP contribution in [0.4, 0.5) is 0 Å². The van der Waals surface area contributed by atoms with Crippen molar-refractivity contribution in [3.8, 4) is 0 Å². The van der Waals surface area contributed by atoms with E-state index >= 15 is 0 Å². The van der Waals surface area contributed by atoms with E-state index in [0.29, 0.717) is 6.54 Å². The third-order valence-corrected chi connectivity index (χ3v) is 2.51. The molecule has 1 aromatic heterocycles. The van der Waals surface area contributed by atoms with Gasteiger partial charge in [-0.3, -0.25) is 9.59 Å². The Morgan fingerprint density at radius 1 is 1.28 bits per heavy atom. The number of carbonyl (C=O) groups excluding carboxylic acids is 1. The van der Waals surface area contributed by atoms with Gasteiger partial charge >= 0.3 is 0 Å². The highest BCUT2D eigenvalue weighted by atomic mass is 16.2. The maximum Gasteiger partial charge on any atom is 0.263 e. The Kier molecular flexibility index (Phi) is 3.86. The summed E-state index contributed by atoms with van der Waals surface area (Å²) < 4.78 is 0. The van der Waals surface area contributed by atoms with Crippen molar-refractivity contribution in [1.29, 1.82) is 0 Å². The molecule has 0 saturated carbocycles. The molecule has 2 rings (SSSR count). The van der Waals surface area contributed by atoms with E-state index in [-0.39, 0.29) is 5.56 Å². The average Bonchev–Trinajstić information content (AvgIpc) is 2.40. The molecule has 0 atom stereocenters. The summed E-state index contributed by atoms with van der Waals surface area (Å²) in [6, 6.07) is 9.81. The summed E-state index contributed by atoms with van der Waals surface area (Å²) in [5.41, 5.74) is 0.741. The number of nitrogens with one attached hydrogen (secondary N) is 2. The predicted octanol–water partition coefficient (Wildman–Crippen LogP) is 0.742. The Morgan fingerprint density at radius 2 is 2.06 bits per heavy atom. The molecule has 1 heterocycles. The van der Waals surface area contributed by atoms with Gasteiger partial charge < -0.3 is 10.3 Å². The van der Waals surface area contributed by atoms with E-state index in [1.165, 1.54) is 12.5 Å². The Morgan fingerprint density at radius 3 is 2.78 bits per heavy atom. The van der Waals surface area contributed by atoms with Crippen LogP contribution in [0, 0.1) is 0 Å². The molecule has 5 heteroatoms. The lowest BCUT2D eigenvalue weighted by Crippen LogP contribution is -2.31. The van der Waals surface area contributed by atoms with Gasteiger partial charge in [0, 0.05) is 12.7 Å². The molecule has 0 aliphatic rings. The molecule has 1 aromatic carbocycles. The zero-order chi connectivity index (χ0) is 12.8. The number of nitrogens with zero attached hydrogens (tertiary/aromatic N) is 1. The molecule has 2 aromatic rings. The number of rotatable bonds is 4. The molecule has 0 aliphatic heterocycles. The van der Waals surface area contributed by atoms with Gasteiger partial charge in [0.05, 0.1) is 6.33 Å². The number of benzene rings is 1. The fraction of sp³-hybridized carbons (Fsp3) is 0.154. The van der Waals surface area contributed by atoms with Crippen molar-refractivity contribution < 1.29 is 4.79 Å². The van der Waals surface area contributed by atoms with Crippen molar-refractivity contribution in [2.45, 2.75) is 6.42 Å². The standard InChI is InChI=1S/C13H13N3O2/c17-12(11-8-14-9-16-13(11)18)15-7-6-10-4-2-1-3-5-10/h1-5,8-9H,6-7H2,(H,15,17)(H,14,16,18). The Bertz CT molecular complexity index is 578. The third-order valence-electron chi connectivity index (χ3n) is 2.51. The first-order valence-corrected chi connectivity index (χ1v) is 5.62. The van der Waals surface area contributed by atoms with Crippen LogP contribution in [-0.2, 0) is 6.42 Å². The van der Waals surface area contributed by atoms with Gasteiger partial charge in [-0.15, -0.1) is 0 Å². The highest BCUT2D eigenvalue weighted by molar-refractivity contribution is 5.93. The largest absolute Gasteiger partial charge is 0.351 e. The summed E-state index contributed by atoms with van der Waals surface area (Å²) in [6.07, 6.45) is 3.24. The lowest BCUT2D eigenvalue weighted by atomic mass is 10.1. The normalized spacial score (nSPS) is 10.0. The minimum absolute atomic E-state index is 0.0329.